The molecule has 0 aromatic carbocycles. The lowest BCUT2D eigenvalue weighted by Crippen LogP contribution is -2.20. The number of nitrogens with zero attached hydrogens (tertiary/aromatic N) is 1. The zero-order chi connectivity index (χ0) is 13.7. The molecule has 7 heteroatoms. The molecule has 1 aromatic rings. The van der Waals surface area contributed by atoms with E-state index < -0.39 is 12.2 Å². The van der Waals surface area contributed by atoms with Gasteiger partial charge in [-0.2, -0.15) is 0 Å². The summed E-state index contributed by atoms with van der Waals surface area (Å²) in [6.07, 6.45) is 0.738. The molecule has 0 spiro atoms. The molecule has 2 atom stereocenters. The fourth-order valence-electron chi connectivity index (χ4n) is 1.38. The smallest absolute Gasteiger partial charge is 0.185 e. The van der Waals surface area contributed by atoms with E-state index in [1.807, 2.05) is 0 Å². The van der Waals surface area contributed by atoms with Gasteiger partial charge in [-0.25, -0.2) is 0 Å². The van der Waals surface area contributed by atoms with Crippen molar-refractivity contribution in [2.45, 2.75) is 25.6 Å². The van der Waals surface area contributed by atoms with Crippen LogP contribution in [0.1, 0.15) is 25.0 Å². The highest BCUT2D eigenvalue weighted by Gasteiger charge is 2.23. The Balaban J connectivity index is 2.68. The van der Waals surface area contributed by atoms with E-state index in [2.05, 4.69) is 4.98 Å². The predicted molar refractivity (Wildman–Crippen MR) is 73.0 cm³/mol. The fraction of sp³-hybridized carbons (Fsp3) is 0.455. The molecule has 0 saturated carbocycles. The van der Waals surface area contributed by atoms with Crippen molar-refractivity contribution < 1.29 is 15.0 Å². The Kier molecular flexibility index (Phi) is 6.38. The second kappa shape index (κ2) is 7.31. The summed E-state index contributed by atoms with van der Waals surface area (Å²) in [5.74, 6) is 0.424. The Morgan fingerprint density at radius 1 is 1.39 bits per heavy atom. The zero-order valence-corrected chi connectivity index (χ0v) is 12.0. The van der Waals surface area contributed by atoms with Crippen molar-refractivity contribution in [1.29, 1.82) is 0 Å². The van der Waals surface area contributed by atoms with Crippen LogP contribution < -0.4 is 0 Å². The van der Waals surface area contributed by atoms with Gasteiger partial charge in [-0.3, -0.25) is 9.78 Å². The highest BCUT2D eigenvalue weighted by atomic mass is 35.5. The van der Waals surface area contributed by atoms with Crippen LogP contribution in [0.4, 0.5) is 0 Å². The number of aromatic nitrogens is 1. The number of aliphatic hydroxyl groups is 2. The first kappa shape index (κ1) is 15.7. The third-order valence-electron chi connectivity index (χ3n) is 2.27. The highest BCUT2D eigenvalue weighted by Crippen LogP contribution is 2.32. The van der Waals surface area contributed by atoms with Crippen molar-refractivity contribution in [3.8, 4) is 0 Å². The molecule has 0 aliphatic heterocycles. The van der Waals surface area contributed by atoms with E-state index in [1.54, 1.807) is 0 Å². The molecule has 2 N–H and O–H groups in total. The van der Waals surface area contributed by atoms with Crippen LogP contribution in [-0.2, 0) is 4.79 Å². The minimum Gasteiger partial charge on any atom is -0.390 e. The van der Waals surface area contributed by atoms with Gasteiger partial charge in [0.05, 0.1) is 16.1 Å². The number of rotatable bonds is 5. The first-order valence-corrected chi connectivity index (χ1v) is 6.96. The van der Waals surface area contributed by atoms with Gasteiger partial charge in [0.25, 0.3) is 0 Å². The van der Waals surface area contributed by atoms with Crippen LogP contribution in [0.15, 0.2) is 12.4 Å². The van der Waals surface area contributed by atoms with Crippen LogP contribution in [0.2, 0.25) is 10.0 Å². The lowest BCUT2D eigenvalue weighted by atomic mass is 10.0. The second-order valence-corrected chi connectivity index (χ2v) is 5.74. The van der Waals surface area contributed by atoms with Gasteiger partial charge in [-0.15, -0.1) is 0 Å². The van der Waals surface area contributed by atoms with E-state index in [0.717, 1.165) is 11.8 Å². The molecule has 0 radical (unpaired) electrons. The third-order valence-corrected chi connectivity index (χ3v) is 3.72. The quantitative estimate of drug-likeness (QED) is 0.874. The maximum absolute atomic E-state index is 10.7. The molecule has 0 saturated heterocycles. The Labute approximate surface area is 119 Å². The monoisotopic (exact) mass is 309 g/mol. The van der Waals surface area contributed by atoms with Crippen LogP contribution in [0.5, 0.6) is 0 Å². The van der Waals surface area contributed by atoms with Gasteiger partial charge in [-0.1, -0.05) is 35.0 Å². The summed E-state index contributed by atoms with van der Waals surface area (Å²) in [5, 5.41) is 20.2. The lowest BCUT2D eigenvalue weighted by molar-refractivity contribution is -0.109. The molecule has 0 bridgehead atoms. The summed E-state index contributed by atoms with van der Waals surface area (Å²) in [4.78, 5) is 14.5. The average Bonchev–Trinajstić information content (AvgIpc) is 2.27. The first-order chi connectivity index (χ1) is 8.43. The molecule has 0 fully saturated rings. The Morgan fingerprint density at radius 2 is 1.94 bits per heavy atom. The van der Waals surface area contributed by atoms with Crippen molar-refractivity contribution in [2.75, 3.05) is 5.75 Å². The summed E-state index contributed by atoms with van der Waals surface area (Å²) in [7, 11) is 0. The normalized spacial score (nSPS) is 14.3. The van der Waals surface area contributed by atoms with E-state index in [1.165, 1.54) is 19.3 Å². The number of carbonyl (C=O) groups is 1. The van der Waals surface area contributed by atoms with Crippen LogP contribution in [0.3, 0.4) is 0 Å². The van der Waals surface area contributed by atoms with E-state index in [9.17, 15) is 15.0 Å². The minimum atomic E-state index is -1.19. The molecular formula is C11H13Cl2NO3S. The molecule has 0 aliphatic carbocycles. The first-order valence-electron chi connectivity index (χ1n) is 5.22. The van der Waals surface area contributed by atoms with Gasteiger partial charge >= 0.3 is 0 Å². The van der Waals surface area contributed by atoms with Gasteiger partial charge in [0, 0.05) is 30.6 Å². The molecular weight excluding hydrogens is 297 g/mol. The van der Waals surface area contributed by atoms with E-state index in [4.69, 9.17) is 23.2 Å². The summed E-state index contributed by atoms with van der Waals surface area (Å²) >= 11 is 12.8. The molecule has 1 rings (SSSR count). The van der Waals surface area contributed by atoms with E-state index >= 15 is 0 Å². The number of hydrogen-bond acceptors (Lipinski definition) is 5. The van der Waals surface area contributed by atoms with Crippen LogP contribution >= 0.6 is 35.0 Å². The van der Waals surface area contributed by atoms with Crippen molar-refractivity contribution in [2.24, 2.45) is 0 Å². The number of pyridine rings is 1. The topological polar surface area (TPSA) is 70.4 Å². The number of hydrogen-bond donors (Lipinski definition) is 2. The predicted octanol–water partition coefficient (Wildman–Crippen LogP) is 2.45. The number of halogens is 2. The summed E-state index contributed by atoms with van der Waals surface area (Å²) in [6, 6.07) is 0. The minimum absolute atomic E-state index is 0.0309. The number of carbonyl (C=O) groups excluding carboxylic acids is 1. The average molecular weight is 310 g/mol. The van der Waals surface area contributed by atoms with Crippen molar-refractivity contribution >= 4 is 40.1 Å². The van der Waals surface area contributed by atoms with Crippen LogP contribution in [-0.4, -0.2) is 32.2 Å². The van der Waals surface area contributed by atoms with Gasteiger partial charge in [0.1, 0.15) is 6.10 Å². The largest absolute Gasteiger partial charge is 0.390 e. The zero-order valence-electron chi connectivity index (χ0n) is 9.64. The van der Waals surface area contributed by atoms with E-state index in [0.29, 0.717) is 5.75 Å². The SMILES string of the molecule is CC(=O)SCCC(O)C(O)c1c(Cl)cncc1Cl. The van der Waals surface area contributed by atoms with E-state index in [-0.39, 0.29) is 27.1 Å². The van der Waals surface area contributed by atoms with Crippen molar-refractivity contribution in [3.05, 3.63) is 28.0 Å². The van der Waals surface area contributed by atoms with Gasteiger partial charge < -0.3 is 10.2 Å². The van der Waals surface area contributed by atoms with Gasteiger partial charge in [-0.05, 0) is 6.42 Å². The lowest BCUT2D eigenvalue weighted by Gasteiger charge is -2.19. The molecule has 0 amide bonds. The standard InChI is InChI=1S/C11H13Cl2NO3S/c1-6(15)18-3-2-9(16)11(17)10-7(12)4-14-5-8(10)13/h4-5,9,11,16-17H,2-3H2,1H3. The number of aliphatic hydroxyl groups excluding tert-OH is 2. The molecule has 100 valence electrons. The van der Waals surface area contributed by atoms with Crippen LogP contribution in [0, 0.1) is 0 Å². The Hall–Kier alpha value is -0.330. The van der Waals surface area contributed by atoms with Gasteiger partial charge in [0.2, 0.25) is 0 Å². The molecule has 1 aromatic heterocycles. The summed E-state index contributed by atoms with van der Waals surface area (Å²) in [5.41, 5.74) is 0.258. The maximum atomic E-state index is 10.7. The Morgan fingerprint density at radius 3 is 2.44 bits per heavy atom. The third kappa shape index (κ3) is 4.40. The maximum Gasteiger partial charge on any atom is 0.185 e. The molecule has 18 heavy (non-hydrogen) atoms. The molecule has 0 aliphatic rings. The molecule has 2 unspecified atom stereocenters. The van der Waals surface area contributed by atoms with Gasteiger partial charge in [0.15, 0.2) is 5.12 Å². The summed E-state index contributed by atoms with van der Waals surface area (Å²) < 4.78 is 0. The number of thioether (sulfide) groups is 1. The highest BCUT2D eigenvalue weighted by molar-refractivity contribution is 8.13. The van der Waals surface area contributed by atoms with Crippen molar-refractivity contribution in [1.82, 2.24) is 4.98 Å². The fourth-order valence-corrected chi connectivity index (χ4v) is 2.61. The summed E-state index contributed by atoms with van der Waals surface area (Å²) in [6.45, 7) is 1.45. The van der Waals surface area contributed by atoms with Crippen LogP contribution in [0.25, 0.3) is 0 Å². The molecule has 1 heterocycles. The Bertz CT molecular complexity index is 410. The molecule has 4 nitrogen and oxygen atoms in total. The second-order valence-electron chi connectivity index (χ2n) is 3.66. The van der Waals surface area contributed by atoms with Crippen molar-refractivity contribution in [3.63, 3.8) is 0 Å².